The first-order valence-corrected chi connectivity index (χ1v) is 32.2. The number of rotatable bonds is 16. The maximum Gasteiger partial charge on any atom is 0.0281 e. The number of benzene rings is 3. The molecule has 0 aromatic heterocycles. The van der Waals surface area contributed by atoms with Crippen molar-refractivity contribution in [3.63, 3.8) is 0 Å². The lowest BCUT2D eigenvalue weighted by Crippen LogP contribution is -2.13. The van der Waals surface area contributed by atoms with Gasteiger partial charge >= 0.3 is 0 Å². The predicted molar refractivity (Wildman–Crippen MR) is 350 cm³/mol. The zero-order chi connectivity index (χ0) is 55.5. The normalized spacial score (nSPS) is 24.4. The maximum absolute atomic E-state index is 2.42. The van der Waals surface area contributed by atoms with Crippen molar-refractivity contribution in [2.24, 2.45) is 29.6 Å². The maximum atomic E-state index is 2.42. The largest absolute Gasteiger partial charge is 0.0836 e. The summed E-state index contributed by atoms with van der Waals surface area (Å²) in [4.78, 5) is 0. The van der Waals surface area contributed by atoms with Crippen LogP contribution >= 0.6 is 0 Å². The van der Waals surface area contributed by atoms with Gasteiger partial charge in [0, 0.05) is 17.8 Å². The summed E-state index contributed by atoms with van der Waals surface area (Å²) in [6.45, 7) is 4.48. The average Bonchev–Trinajstić information content (AvgIpc) is 4.01. The fraction of sp³-hybridized carbons (Fsp3) is 0.341. The van der Waals surface area contributed by atoms with Gasteiger partial charge in [-0.3, -0.25) is 0 Å². The number of aryl methyl sites for hydroxylation is 2. The van der Waals surface area contributed by atoms with E-state index in [2.05, 4.69) is 232 Å². The Bertz CT molecular complexity index is 3400. The van der Waals surface area contributed by atoms with Crippen molar-refractivity contribution in [1.82, 2.24) is 0 Å². The quantitative estimate of drug-likeness (QED) is 0.134. The van der Waals surface area contributed by atoms with Crippen molar-refractivity contribution in [2.75, 3.05) is 0 Å². The second-order valence-electron chi connectivity index (χ2n) is 25.2. The van der Waals surface area contributed by atoms with Crippen molar-refractivity contribution in [2.45, 2.75) is 148 Å². The Labute approximate surface area is 493 Å². The molecule has 0 N–H and O–H groups in total. The van der Waals surface area contributed by atoms with Crippen LogP contribution in [-0.2, 0) is 25.7 Å². The topological polar surface area (TPSA) is 0 Å². The van der Waals surface area contributed by atoms with E-state index in [0.29, 0.717) is 17.8 Å². The van der Waals surface area contributed by atoms with Gasteiger partial charge in [0.15, 0.2) is 0 Å². The van der Waals surface area contributed by atoms with Gasteiger partial charge in [0.25, 0.3) is 0 Å². The number of hydrogen-bond donors (Lipinski definition) is 0. The monoisotopic (exact) mass is 1070 g/mol. The van der Waals surface area contributed by atoms with Gasteiger partial charge in [-0.25, -0.2) is 0 Å². The molecule has 416 valence electrons. The third-order valence-corrected chi connectivity index (χ3v) is 19.3. The number of fused-ring (bicyclic) bond motifs is 3. The molecule has 0 spiro atoms. The van der Waals surface area contributed by atoms with Crippen LogP contribution < -0.4 is 0 Å². The molecule has 0 aliphatic heterocycles. The van der Waals surface area contributed by atoms with E-state index < -0.39 is 0 Å². The van der Waals surface area contributed by atoms with Crippen LogP contribution in [0.15, 0.2) is 285 Å². The molecule has 0 radical (unpaired) electrons. The summed E-state index contributed by atoms with van der Waals surface area (Å²) in [6, 6.07) is 27.9. The molecule has 2 fully saturated rings. The van der Waals surface area contributed by atoms with E-state index in [1.165, 1.54) is 204 Å². The van der Waals surface area contributed by atoms with E-state index in [4.69, 9.17) is 0 Å². The van der Waals surface area contributed by atoms with Crippen LogP contribution in [0.3, 0.4) is 0 Å². The summed E-state index contributed by atoms with van der Waals surface area (Å²) < 4.78 is 0. The summed E-state index contributed by atoms with van der Waals surface area (Å²) in [5.41, 5.74) is 26.2. The Balaban J connectivity index is 0.000000123. The van der Waals surface area contributed by atoms with Gasteiger partial charge in [-0.05, 0) is 216 Å². The minimum atomic E-state index is 0.436. The molecule has 14 rings (SSSR count). The highest BCUT2D eigenvalue weighted by atomic mass is 14.3. The van der Waals surface area contributed by atoms with Crippen molar-refractivity contribution in [1.29, 1.82) is 0 Å². The molecule has 82 heavy (non-hydrogen) atoms. The van der Waals surface area contributed by atoms with E-state index in [1.54, 1.807) is 5.56 Å². The highest BCUT2D eigenvalue weighted by Gasteiger charge is 2.30. The zero-order valence-electron chi connectivity index (χ0n) is 49.4. The van der Waals surface area contributed by atoms with Gasteiger partial charge < -0.3 is 0 Å². The Morgan fingerprint density at radius 2 is 0.841 bits per heavy atom. The number of hydrogen-bond acceptors (Lipinski definition) is 0. The minimum absolute atomic E-state index is 0.436. The molecule has 11 aliphatic rings. The van der Waals surface area contributed by atoms with E-state index in [-0.39, 0.29) is 0 Å². The van der Waals surface area contributed by atoms with Crippen LogP contribution in [0, 0.1) is 36.5 Å². The van der Waals surface area contributed by atoms with Crippen molar-refractivity contribution in [3.05, 3.63) is 319 Å². The summed E-state index contributed by atoms with van der Waals surface area (Å²) >= 11 is 0. The molecule has 0 heteroatoms. The molecule has 0 heterocycles. The van der Waals surface area contributed by atoms with Crippen LogP contribution in [-0.4, -0.2) is 0 Å². The highest BCUT2D eigenvalue weighted by molar-refractivity contribution is 5.63. The van der Waals surface area contributed by atoms with Crippen molar-refractivity contribution >= 4 is 0 Å². The third kappa shape index (κ3) is 13.7. The fourth-order valence-electron chi connectivity index (χ4n) is 14.4. The highest BCUT2D eigenvalue weighted by Crippen LogP contribution is 2.45. The molecule has 0 bridgehead atoms. The molecule has 2 saturated carbocycles. The molecule has 3 aromatic carbocycles. The zero-order valence-corrected chi connectivity index (χ0v) is 49.4. The first-order valence-electron chi connectivity index (χ1n) is 32.2. The Morgan fingerprint density at radius 3 is 1.28 bits per heavy atom. The molecule has 11 aliphatic carbocycles. The summed E-state index contributed by atoms with van der Waals surface area (Å²) in [5.74, 6) is 4.11. The van der Waals surface area contributed by atoms with Gasteiger partial charge in [-0.1, -0.05) is 263 Å². The van der Waals surface area contributed by atoms with Crippen LogP contribution in [0.5, 0.6) is 0 Å². The lowest BCUT2D eigenvalue weighted by molar-refractivity contribution is 0.304. The predicted octanol–water partition coefficient (Wildman–Crippen LogP) is 21.6. The van der Waals surface area contributed by atoms with E-state index in [9.17, 15) is 0 Å². The molecule has 0 amide bonds. The Morgan fingerprint density at radius 1 is 0.402 bits per heavy atom. The second-order valence-corrected chi connectivity index (χ2v) is 25.2. The SMILES string of the molecule is C1=CC2C(C3=CCCC=C3)=CC=C(Cc3ccc(CCC4CC4)cc3)C2=C1.CCCCC1CCC(c2ccc(CC3=CC=C(C4=CCCC=C4)C4C=CC=C34)cc2)CC1.Cc1cccc(CC2=CC=C(C3=CCCC=C3)C3C=CC=C23)c1. The average molecular weight is 1070 g/mol. The van der Waals surface area contributed by atoms with E-state index in [1.807, 2.05) is 0 Å². The summed E-state index contributed by atoms with van der Waals surface area (Å²) in [5, 5.41) is 0. The Kier molecular flexibility index (Phi) is 18.2. The van der Waals surface area contributed by atoms with E-state index >= 15 is 0 Å². The van der Waals surface area contributed by atoms with Gasteiger partial charge in [-0.15, -0.1) is 0 Å². The minimum Gasteiger partial charge on any atom is -0.0836 e. The molecule has 3 unspecified atom stereocenters. The van der Waals surface area contributed by atoms with E-state index in [0.717, 1.165) is 37.0 Å². The third-order valence-electron chi connectivity index (χ3n) is 19.3. The smallest absolute Gasteiger partial charge is 0.0281 e. The lowest BCUT2D eigenvalue weighted by Gasteiger charge is -2.29. The van der Waals surface area contributed by atoms with Gasteiger partial charge in [0.2, 0.25) is 0 Å². The van der Waals surface area contributed by atoms with Crippen LogP contribution in [0.2, 0.25) is 0 Å². The second kappa shape index (κ2) is 26.9. The molecule has 3 aromatic rings. The Hall–Kier alpha value is -7.02. The molecular formula is C82H88. The van der Waals surface area contributed by atoms with Gasteiger partial charge in [0.1, 0.15) is 0 Å². The van der Waals surface area contributed by atoms with Crippen LogP contribution in [0.25, 0.3) is 0 Å². The fourth-order valence-corrected chi connectivity index (χ4v) is 14.4. The number of allylic oxidation sites excluding steroid dienone is 36. The molecular weight excluding hydrogens is 985 g/mol. The molecule has 3 atom stereocenters. The van der Waals surface area contributed by atoms with Gasteiger partial charge in [0.05, 0.1) is 0 Å². The first kappa shape index (κ1) is 55.5. The standard InChI is InChI=1S/C32H38.C27H28.C23H22/c1-2-3-8-24-13-17-26(18-14-24)27-19-15-25(16-20-27)23-29-21-22-31(28-9-5-4-6-10-28)32-12-7-11-30(29)32;1-2-5-23(6-3-1)26-18-17-24(25-7-4-8-27(25)26)19-22-15-13-21(14-16-22)12-11-20-9-10-20;1-17-7-5-8-18(15-17)16-20-13-14-22(19-9-3-2-4-10-19)23-12-6-11-21(20)23/h5,7,9-12,15-16,19-22,24,26,32H,2-4,6,8,13-14,17-18,23H2,1H3;2,4-8,13-18,20,27H,1,3,9-12,19H2;3,5-15,23H,2,4,16H2,1H3. The van der Waals surface area contributed by atoms with Crippen LogP contribution in [0.1, 0.15) is 149 Å². The number of unbranched alkanes of at least 4 members (excludes halogenated alkanes) is 1. The van der Waals surface area contributed by atoms with Crippen LogP contribution in [0.4, 0.5) is 0 Å². The summed E-state index contributed by atoms with van der Waals surface area (Å²) in [7, 11) is 0. The first-order chi connectivity index (χ1) is 40.5. The summed E-state index contributed by atoms with van der Waals surface area (Å²) in [6.07, 6.45) is 81.4. The van der Waals surface area contributed by atoms with Gasteiger partial charge in [-0.2, -0.15) is 0 Å². The van der Waals surface area contributed by atoms with Crippen molar-refractivity contribution in [3.8, 4) is 0 Å². The molecule has 0 saturated heterocycles. The lowest BCUT2D eigenvalue weighted by atomic mass is 9.76. The van der Waals surface area contributed by atoms with Crippen molar-refractivity contribution < 1.29 is 0 Å². The molecule has 0 nitrogen and oxygen atoms in total.